The van der Waals surface area contributed by atoms with E-state index in [1.807, 2.05) is 4.57 Å². The maximum atomic E-state index is 16.9. The Kier molecular flexibility index (Phi) is 6.69. The zero-order valence-electron chi connectivity index (χ0n) is 21.9. The highest BCUT2D eigenvalue weighted by Gasteiger charge is 2.38. The van der Waals surface area contributed by atoms with Gasteiger partial charge in [-0.3, -0.25) is 19.5 Å². The molecule has 0 aliphatic heterocycles. The van der Waals surface area contributed by atoms with Crippen LogP contribution < -0.4 is 5.76 Å². The molecule has 1 atom stereocenters. The number of hydrogen-bond donors (Lipinski definition) is 1. The van der Waals surface area contributed by atoms with E-state index < -0.39 is 17.2 Å². The summed E-state index contributed by atoms with van der Waals surface area (Å²) in [5.74, 6) is -0.536. The van der Waals surface area contributed by atoms with Crippen LogP contribution in [0.1, 0.15) is 50.9 Å². The van der Waals surface area contributed by atoms with Crippen LogP contribution in [0.15, 0.2) is 52.2 Å². The highest BCUT2D eigenvalue weighted by molar-refractivity contribution is 6.30. The van der Waals surface area contributed by atoms with E-state index in [9.17, 15) is 9.18 Å². The van der Waals surface area contributed by atoms with Gasteiger partial charge in [0.15, 0.2) is 5.67 Å². The minimum atomic E-state index is -2.31. The summed E-state index contributed by atoms with van der Waals surface area (Å²) >= 11 is 6.29. The second-order valence-electron chi connectivity index (χ2n) is 10.6. The highest BCUT2D eigenvalue weighted by atomic mass is 35.5. The van der Waals surface area contributed by atoms with Gasteiger partial charge in [-0.25, -0.2) is 23.5 Å². The summed E-state index contributed by atoms with van der Waals surface area (Å²) in [7, 11) is 0. The molecule has 0 saturated heterocycles. The van der Waals surface area contributed by atoms with Crippen molar-refractivity contribution >= 4 is 22.6 Å². The van der Waals surface area contributed by atoms with Crippen LogP contribution in [0, 0.1) is 17.7 Å². The Labute approximate surface area is 232 Å². The van der Waals surface area contributed by atoms with Gasteiger partial charge in [0, 0.05) is 30.7 Å². The number of aromatic amines is 1. The molecule has 0 amide bonds. The fraction of sp³-hybridized carbons (Fsp3) is 0.357. The summed E-state index contributed by atoms with van der Waals surface area (Å²) in [5, 5.41) is 4.11. The van der Waals surface area contributed by atoms with Crippen LogP contribution in [-0.2, 0) is 12.2 Å². The molecule has 6 rings (SSSR count). The molecule has 12 heteroatoms. The Bertz CT molecular complexity index is 1760. The van der Waals surface area contributed by atoms with Gasteiger partial charge in [0.1, 0.15) is 17.2 Å². The summed E-state index contributed by atoms with van der Waals surface area (Å²) in [6.07, 6.45) is 8.57. The first-order valence-electron chi connectivity index (χ1n) is 13.1. The summed E-state index contributed by atoms with van der Waals surface area (Å²) < 4.78 is 38.3. The van der Waals surface area contributed by atoms with Crippen molar-refractivity contribution in [2.45, 2.75) is 51.7 Å². The van der Waals surface area contributed by atoms with E-state index in [2.05, 4.69) is 36.5 Å². The van der Waals surface area contributed by atoms with Crippen molar-refractivity contribution in [3.8, 4) is 22.9 Å². The first-order chi connectivity index (χ1) is 19.2. The molecule has 9 nitrogen and oxygen atoms in total. The lowest BCUT2D eigenvalue weighted by molar-refractivity contribution is 0.209. The minimum absolute atomic E-state index is 0.0116. The average Bonchev–Trinajstić information content (AvgIpc) is 3.53. The lowest BCUT2D eigenvalue weighted by Gasteiger charge is -2.29. The number of nitrogens with zero attached hydrogens (tertiary/aromatic N) is 6. The van der Waals surface area contributed by atoms with Gasteiger partial charge in [-0.1, -0.05) is 36.5 Å². The summed E-state index contributed by atoms with van der Waals surface area (Å²) in [6.45, 7) is 4.02. The van der Waals surface area contributed by atoms with Crippen molar-refractivity contribution < 1.29 is 13.3 Å². The number of alkyl halides is 1. The molecule has 40 heavy (non-hydrogen) atoms. The fourth-order valence-corrected chi connectivity index (χ4v) is 5.72. The predicted octanol–water partition coefficient (Wildman–Crippen LogP) is 6.08. The topological polar surface area (TPSA) is 115 Å². The third kappa shape index (κ3) is 4.78. The van der Waals surface area contributed by atoms with Gasteiger partial charge in [0.2, 0.25) is 11.6 Å². The molecule has 1 N–H and O–H groups in total. The molecule has 1 aliphatic carbocycles. The van der Waals surface area contributed by atoms with Crippen LogP contribution in [0.3, 0.4) is 0 Å². The lowest BCUT2D eigenvalue weighted by atomic mass is 9.83. The van der Waals surface area contributed by atoms with E-state index in [0.717, 1.165) is 25.7 Å². The van der Waals surface area contributed by atoms with Crippen molar-refractivity contribution in [1.82, 2.24) is 34.6 Å². The first-order valence-corrected chi connectivity index (χ1v) is 13.5. The van der Waals surface area contributed by atoms with Gasteiger partial charge < -0.3 is 4.57 Å². The first kappa shape index (κ1) is 26.2. The Hall–Kier alpha value is -3.99. The Morgan fingerprint density at radius 1 is 1.20 bits per heavy atom. The molecule has 1 saturated carbocycles. The van der Waals surface area contributed by atoms with Gasteiger partial charge in [0.05, 0.1) is 21.7 Å². The van der Waals surface area contributed by atoms with Gasteiger partial charge >= 0.3 is 5.76 Å². The molecule has 0 aromatic carbocycles. The number of pyridine rings is 2. The van der Waals surface area contributed by atoms with Crippen molar-refractivity contribution in [3.05, 3.63) is 75.6 Å². The molecule has 5 heterocycles. The van der Waals surface area contributed by atoms with Gasteiger partial charge in [-0.2, -0.15) is 0 Å². The monoisotopic (exact) mass is 565 g/mol. The number of hydrogen-bond acceptors (Lipinski definition) is 7. The second kappa shape index (κ2) is 10.2. The Morgan fingerprint density at radius 2 is 2.00 bits per heavy atom. The van der Waals surface area contributed by atoms with Crippen LogP contribution >= 0.6 is 11.6 Å². The van der Waals surface area contributed by atoms with Crippen molar-refractivity contribution in [3.63, 3.8) is 0 Å². The molecule has 5 aromatic heterocycles. The zero-order valence-corrected chi connectivity index (χ0v) is 22.6. The molecule has 0 spiro atoms. The number of aromatic nitrogens is 7. The van der Waals surface area contributed by atoms with Crippen LogP contribution in [0.4, 0.5) is 8.78 Å². The standard InChI is InChI=1S/C28H26ClF2N7O2/c1-15-5-7-16(8-6-15)14-38-21(28(2,31)24-19(30)4-3-9-33-24)11-20-23(38)22(17-10-18(29)13-32-12-17)35-25(34-20)26-36-27(39)40-37-26/h3-4,9-13,15-16H,5-8,14H2,1-2H3,(H,36,37,39)/t15-,16-,28?. The number of nitrogens with one attached hydrogen (secondary N) is 1. The molecular formula is C28H26ClF2N7O2. The van der Waals surface area contributed by atoms with Gasteiger partial charge in [-0.15, -0.1) is 0 Å². The number of halogens is 3. The zero-order chi connectivity index (χ0) is 28.0. The van der Waals surface area contributed by atoms with Crippen LogP contribution in [-0.4, -0.2) is 34.6 Å². The Morgan fingerprint density at radius 3 is 2.70 bits per heavy atom. The van der Waals surface area contributed by atoms with Crippen molar-refractivity contribution in [2.75, 3.05) is 0 Å². The normalized spacial score (nSPS) is 19.1. The number of H-pyrrole nitrogens is 1. The minimum Gasteiger partial charge on any atom is -0.338 e. The van der Waals surface area contributed by atoms with E-state index in [0.29, 0.717) is 39.8 Å². The molecule has 0 radical (unpaired) electrons. The molecule has 1 aliphatic rings. The molecule has 0 bridgehead atoms. The molecule has 206 valence electrons. The third-order valence-corrected chi connectivity index (χ3v) is 7.84. The quantitative estimate of drug-likeness (QED) is 0.265. The van der Waals surface area contributed by atoms with E-state index in [-0.39, 0.29) is 29.0 Å². The third-order valence-electron chi connectivity index (χ3n) is 7.64. The van der Waals surface area contributed by atoms with Gasteiger partial charge in [-0.05, 0) is 55.9 Å². The summed E-state index contributed by atoms with van der Waals surface area (Å²) in [4.78, 5) is 31.8. The average molecular weight is 566 g/mol. The predicted molar refractivity (Wildman–Crippen MR) is 145 cm³/mol. The smallest absolute Gasteiger partial charge is 0.338 e. The van der Waals surface area contributed by atoms with E-state index in [4.69, 9.17) is 16.6 Å². The van der Waals surface area contributed by atoms with Crippen LogP contribution in [0.2, 0.25) is 5.02 Å². The van der Waals surface area contributed by atoms with E-state index in [1.165, 1.54) is 31.5 Å². The summed E-state index contributed by atoms with van der Waals surface area (Å²) in [5.41, 5.74) is -0.561. The highest BCUT2D eigenvalue weighted by Crippen LogP contribution is 2.41. The van der Waals surface area contributed by atoms with E-state index >= 15 is 4.39 Å². The van der Waals surface area contributed by atoms with E-state index in [1.54, 1.807) is 18.3 Å². The Balaban J connectivity index is 1.64. The number of rotatable bonds is 6. The van der Waals surface area contributed by atoms with Crippen molar-refractivity contribution in [2.24, 2.45) is 11.8 Å². The lowest BCUT2D eigenvalue weighted by Crippen LogP contribution is -2.27. The maximum absolute atomic E-state index is 16.9. The molecule has 1 unspecified atom stereocenters. The van der Waals surface area contributed by atoms with Crippen LogP contribution in [0.5, 0.6) is 0 Å². The second-order valence-corrected chi connectivity index (χ2v) is 11.0. The molecular weight excluding hydrogens is 540 g/mol. The SMILES string of the molecule is CC(F)(c1ncccc1F)c1cc2nc(-c3noc(=O)[nH]3)nc(-c3cncc(Cl)c3)c2n1C[C@H]1CC[C@H](C)CC1. The van der Waals surface area contributed by atoms with Crippen LogP contribution in [0.25, 0.3) is 33.9 Å². The molecule has 5 aromatic rings. The summed E-state index contributed by atoms with van der Waals surface area (Å²) in [6, 6.07) is 5.89. The largest absolute Gasteiger partial charge is 0.439 e. The fourth-order valence-electron chi connectivity index (χ4n) is 5.54. The maximum Gasteiger partial charge on any atom is 0.439 e. The molecule has 1 fully saturated rings. The van der Waals surface area contributed by atoms with Crippen molar-refractivity contribution in [1.29, 1.82) is 0 Å². The van der Waals surface area contributed by atoms with Gasteiger partial charge in [0.25, 0.3) is 0 Å². The number of fused-ring (bicyclic) bond motifs is 1.